The lowest BCUT2D eigenvalue weighted by Gasteiger charge is -2.01. The molecule has 0 aliphatic rings. The molecule has 200 valence electrons. The van der Waals surface area contributed by atoms with Crippen molar-refractivity contribution < 1.29 is 0 Å². The van der Waals surface area contributed by atoms with Crippen LogP contribution >= 0.6 is 0 Å². The van der Waals surface area contributed by atoms with Crippen LogP contribution in [-0.4, -0.2) is 59.4 Å². The molecule has 0 saturated carbocycles. The third-order valence-corrected chi connectivity index (χ3v) is 0. The Hall–Kier alpha value is 1.52. The Balaban J connectivity index is -0.0000000436. The minimum Gasteiger partial charge on any atom is -0.0750 e. The average molecular weight is 561 g/mol. The van der Waals surface area contributed by atoms with Crippen LogP contribution in [0.4, 0.5) is 0 Å². The second-order valence-electron chi connectivity index (χ2n) is 16.2. The predicted molar refractivity (Wildman–Crippen MR) is 187 cm³/mol. The SMILES string of the molecule is C[SiH2]C.C[SiH](C)C.C[SiH](C)C.C[Si](C)(C)C.C[Si](C)(C)C.C[Si](C)(C)C.C[Si](C)(C)C. The van der Waals surface area contributed by atoms with Gasteiger partial charge in [-0.05, 0) is 0 Å². The molecule has 0 spiro atoms. The first-order chi connectivity index (χ1) is 12.9. The summed E-state index contributed by atoms with van der Waals surface area (Å²) in [5.74, 6) is 0. The first-order valence-corrected chi connectivity index (χ1v) is 38.6. The van der Waals surface area contributed by atoms with Crippen molar-refractivity contribution in [1.29, 1.82) is 0 Å². The summed E-state index contributed by atoms with van der Waals surface area (Å²) in [4.78, 5) is 0. The second-order valence-corrected chi connectivity index (χ2v) is 48.5. The van der Waals surface area contributed by atoms with Gasteiger partial charge in [0.25, 0.3) is 0 Å². The van der Waals surface area contributed by atoms with Gasteiger partial charge in [0.2, 0.25) is 0 Å². The van der Waals surface area contributed by atoms with Crippen LogP contribution < -0.4 is 0 Å². The highest BCUT2D eigenvalue weighted by atomic mass is 28.3. The van der Waals surface area contributed by atoms with Crippen molar-refractivity contribution in [1.82, 2.24) is 0 Å². The van der Waals surface area contributed by atoms with Crippen LogP contribution in [0.25, 0.3) is 0 Å². The lowest BCUT2D eigenvalue weighted by atomic mass is 11.8. The zero-order valence-corrected chi connectivity index (χ0v) is 35.6. The summed E-state index contributed by atoms with van der Waals surface area (Å²) in [7, 11) is -2.31. The third-order valence-electron chi connectivity index (χ3n) is 0. The molecule has 0 bridgehead atoms. The van der Waals surface area contributed by atoms with E-state index in [0.717, 1.165) is 0 Å². The van der Waals surface area contributed by atoms with Crippen LogP contribution in [0.3, 0.4) is 0 Å². The molecule has 0 aromatic heterocycles. The molecular weight excluding hydrogens is 485 g/mol. The molecule has 0 atom stereocenters. The fraction of sp³-hybridized carbons (Fsp3) is 1.00. The molecule has 7 heteroatoms. The maximum absolute atomic E-state index is 2.33. The molecule has 0 aliphatic carbocycles. The fourth-order valence-electron chi connectivity index (χ4n) is 0. The molecule has 0 fully saturated rings. The van der Waals surface area contributed by atoms with E-state index in [0.29, 0.717) is 9.52 Å². The molecule has 0 aromatic carbocycles. The van der Waals surface area contributed by atoms with Crippen molar-refractivity contribution in [3.63, 3.8) is 0 Å². The number of hydrogen-bond donors (Lipinski definition) is 0. The Morgan fingerprint density at radius 1 is 0.323 bits per heavy atom. The Morgan fingerprint density at radius 3 is 0.323 bits per heavy atom. The third kappa shape index (κ3) is 11900. The summed E-state index contributed by atoms with van der Waals surface area (Å²) in [6, 6.07) is 0. The molecule has 0 nitrogen and oxygen atoms in total. The Kier molecular flexibility index (Phi) is 44.4. The van der Waals surface area contributed by atoms with E-state index in [1.54, 1.807) is 0 Å². The highest BCUT2D eigenvalue weighted by molar-refractivity contribution is 6.75. The minimum absolute atomic E-state index is 0.139. The fourth-order valence-corrected chi connectivity index (χ4v) is 0. The molecule has 0 aliphatic heterocycles. The lowest BCUT2D eigenvalue weighted by Crippen LogP contribution is -2.10. The quantitative estimate of drug-likeness (QED) is 0.258. The van der Waals surface area contributed by atoms with Gasteiger partial charge in [0.05, 0.1) is 0 Å². The van der Waals surface area contributed by atoms with Crippen molar-refractivity contribution in [2.75, 3.05) is 0 Å². The van der Waals surface area contributed by atoms with Gasteiger partial charge < -0.3 is 0 Å². The molecule has 0 N–H and O–H groups in total. The maximum atomic E-state index is 2.33. The maximum Gasteiger partial charge on any atom is 0.0411 e. The molecule has 31 heavy (non-hydrogen) atoms. The van der Waals surface area contributed by atoms with Gasteiger partial charge in [-0.25, -0.2) is 0 Å². The minimum atomic E-state index is -0.611. The van der Waals surface area contributed by atoms with Crippen molar-refractivity contribution in [3.8, 4) is 0 Å². The van der Waals surface area contributed by atoms with E-state index < -0.39 is 32.3 Å². The van der Waals surface area contributed by atoms with Crippen LogP contribution in [0.15, 0.2) is 0 Å². The molecular formula is C24H76Si7. The number of rotatable bonds is 0. The highest BCUT2D eigenvalue weighted by Crippen LogP contribution is 1.96. The largest absolute Gasteiger partial charge is 0.0750 e. The van der Waals surface area contributed by atoms with Crippen LogP contribution in [0.1, 0.15) is 0 Å². The van der Waals surface area contributed by atoms with E-state index in [2.05, 4.69) is 157 Å². The summed E-state index contributed by atoms with van der Waals surface area (Å²) in [6.07, 6.45) is 0. The van der Waals surface area contributed by atoms with Gasteiger partial charge in [0.1, 0.15) is 0 Å². The standard InChI is InChI=1S/4C4H12Si.2C3H10Si.C2H8Si/c4*1-5(2,3)4;2*1-4(2)3;1-3-2/h4*1-4H3;2*4H,1-3H3;3H2,1-2H3. The van der Waals surface area contributed by atoms with Crippen molar-refractivity contribution >= 4 is 59.4 Å². The zero-order chi connectivity index (χ0) is 27.9. The summed E-state index contributed by atoms with van der Waals surface area (Å²) in [5, 5.41) is 0. The first-order valence-electron chi connectivity index (χ1n) is 12.9. The molecule has 0 aromatic rings. The summed E-state index contributed by atoms with van der Waals surface area (Å²) in [5.41, 5.74) is 0. The van der Waals surface area contributed by atoms with E-state index in [9.17, 15) is 0 Å². The molecule has 0 saturated heterocycles. The molecule has 0 unspecified atom stereocenters. The Labute approximate surface area is 215 Å². The monoisotopic (exact) mass is 560 g/mol. The van der Waals surface area contributed by atoms with Crippen molar-refractivity contribution in [2.45, 2.75) is 157 Å². The smallest absolute Gasteiger partial charge is 0.0411 e. The Morgan fingerprint density at radius 2 is 0.323 bits per heavy atom. The van der Waals surface area contributed by atoms with Gasteiger partial charge in [-0.2, -0.15) is 0 Å². The van der Waals surface area contributed by atoms with E-state index in [1.807, 2.05) is 0 Å². The van der Waals surface area contributed by atoms with Gasteiger partial charge in [0.15, 0.2) is 0 Å². The van der Waals surface area contributed by atoms with Gasteiger partial charge in [-0.15, -0.1) is 0 Å². The predicted octanol–water partition coefficient (Wildman–Crippen LogP) is 10.3. The van der Waals surface area contributed by atoms with Crippen LogP contribution in [0.5, 0.6) is 0 Å². The second kappa shape index (κ2) is 27.8. The van der Waals surface area contributed by atoms with Crippen LogP contribution in [-0.2, 0) is 0 Å². The van der Waals surface area contributed by atoms with Gasteiger partial charge in [-0.3, -0.25) is 0 Å². The van der Waals surface area contributed by atoms with E-state index >= 15 is 0 Å². The average Bonchev–Trinajstić information content (AvgIpc) is 2.15. The first kappa shape index (κ1) is 49.6. The van der Waals surface area contributed by atoms with E-state index in [-0.39, 0.29) is 17.6 Å². The Bertz CT molecular complexity index is 206. The van der Waals surface area contributed by atoms with Crippen LogP contribution in [0.2, 0.25) is 157 Å². The van der Waals surface area contributed by atoms with Crippen LogP contribution in [0, 0.1) is 0 Å². The summed E-state index contributed by atoms with van der Waals surface area (Å²) in [6.45, 7) is 55.6. The summed E-state index contributed by atoms with van der Waals surface area (Å²) >= 11 is 0. The van der Waals surface area contributed by atoms with E-state index in [1.165, 1.54) is 0 Å². The molecule has 0 heterocycles. The summed E-state index contributed by atoms with van der Waals surface area (Å²) < 4.78 is 0. The van der Waals surface area contributed by atoms with Crippen molar-refractivity contribution in [3.05, 3.63) is 0 Å². The molecule has 0 rings (SSSR count). The topological polar surface area (TPSA) is 0 Å². The van der Waals surface area contributed by atoms with Gasteiger partial charge in [0, 0.05) is 59.4 Å². The molecule has 0 amide bonds. The lowest BCUT2D eigenvalue weighted by molar-refractivity contribution is 1.71. The normalized spacial score (nSPS) is 10.6. The number of hydrogen-bond acceptors (Lipinski definition) is 0. The van der Waals surface area contributed by atoms with Gasteiger partial charge in [-0.1, -0.05) is 157 Å². The highest BCUT2D eigenvalue weighted by Gasteiger charge is 2.00. The van der Waals surface area contributed by atoms with Crippen molar-refractivity contribution in [2.24, 2.45) is 0 Å². The zero-order valence-electron chi connectivity index (χ0n) is 27.9. The van der Waals surface area contributed by atoms with Gasteiger partial charge >= 0.3 is 0 Å². The molecule has 0 radical (unpaired) electrons. The van der Waals surface area contributed by atoms with E-state index in [4.69, 9.17) is 0 Å².